The molecule has 4 nitrogen and oxygen atoms in total. The molecule has 0 unspecified atom stereocenters. The largest absolute Gasteiger partial charge is 0.371 e. The third-order valence-electron chi connectivity index (χ3n) is 3.80. The van der Waals surface area contributed by atoms with Crippen LogP contribution in [0.3, 0.4) is 0 Å². The molecule has 0 amide bonds. The fourth-order valence-electron chi connectivity index (χ4n) is 2.83. The van der Waals surface area contributed by atoms with Gasteiger partial charge in [0, 0.05) is 19.2 Å². The molecular formula is C14H22Cl2N2O2. The van der Waals surface area contributed by atoms with Gasteiger partial charge in [0.05, 0.1) is 30.6 Å². The summed E-state index contributed by atoms with van der Waals surface area (Å²) in [6.07, 6.45) is 5.38. The molecule has 0 bridgehead atoms. The number of halogens is 2. The Morgan fingerprint density at radius 3 is 3.00 bits per heavy atom. The average Bonchev–Trinajstić information content (AvgIpc) is 2.82. The van der Waals surface area contributed by atoms with Crippen molar-refractivity contribution in [2.45, 2.75) is 37.6 Å². The first-order valence-electron chi connectivity index (χ1n) is 6.73. The van der Waals surface area contributed by atoms with E-state index in [1.54, 1.807) is 6.20 Å². The smallest absolute Gasteiger partial charge is 0.0892 e. The molecule has 2 aliphatic heterocycles. The summed E-state index contributed by atoms with van der Waals surface area (Å²) >= 11 is 0. The Bertz CT molecular complexity index is 386. The minimum Gasteiger partial charge on any atom is -0.371 e. The first-order valence-corrected chi connectivity index (χ1v) is 6.73. The maximum absolute atomic E-state index is 5.97. The maximum Gasteiger partial charge on any atom is 0.0892 e. The van der Waals surface area contributed by atoms with E-state index in [4.69, 9.17) is 9.47 Å². The van der Waals surface area contributed by atoms with E-state index in [1.807, 2.05) is 18.2 Å². The van der Waals surface area contributed by atoms with E-state index in [-0.39, 0.29) is 36.5 Å². The van der Waals surface area contributed by atoms with Crippen LogP contribution in [-0.2, 0) is 16.1 Å². The number of rotatable bonds is 3. The molecule has 2 fully saturated rings. The van der Waals surface area contributed by atoms with Gasteiger partial charge in [0.1, 0.15) is 0 Å². The lowest BCUT2D eigenvalue weighted by atomic mass is 9.90. The zero-order valence-electron chi connectivity index (χ0n) is 11.4. The molecule has 2 aliphatic rings. The minimum atomic E-state index is 0. The van der Waals surface area contributed by atoms with Crippen molar-refractivity contribution < 1.29 is 9.47 Å². The summed E-state index contributed by atoms with van der Waals surface area (Å²) in [5.74, 6) is 0. The van der Waals surface area contributed by atoms with E-state index in [2.05, 4.69) is 10.3 Å². The van der Waals surface area contributed by atoms with Gasteiger partial charge in [-0.1, -0.05) is 6.07 Å². The highest BCUT2D eigenvalue weighted by Gasteiger charge is 2.41. The second-order valence-corrected chi connectivity index (χ2v) is 5.23. The number of hydrogen-bond acceptors (Lipinski definition) is 4. The van der Waals surface area contributed by atoms with E-state index < -0.39 is 0 Å². The summed E-state index contributed by atoms with van der Waals surface area (Å²) in [6, 6.07) is 5.90. The first-order chi connectivity index (χ1) is 8.86. The van der Waals surface area contributed by atoms with Gasteiger partial charge in [-0.25, -0.2) is 0 Å². The molecule has 2 saturated heterocycles. The van der Waals surface area contributed by atoms with Gasteiger partial charge in [0.25, 0.3) is 0 Å². The van der Waals surface area contributed by atoms with Gasteiger partial charge in [-0.2, -0.15) is 0 Å². The second-order valence-electron chi connectivity index (χ2n) is 5.23. The fourth-order valence-corrected chi connectivity index (χ4v) is 2.83. The third-order valence-corrected chi connectivity index (χ3v) is 3.80. The van der Waals surface area contributed by atoms with Crippen LogP contribution in [-0.4, -0.2) is 36.4 Å². The molecule has 0 saturated carbocycles. The Labute approximate surface area is 132 Å². The van der Waals surface area contributed by atoms with Crippen molar-refractivity contribution in [2.24, 2.45) is 0 Å². The number of pyridine rings is 1. The van der Waals surface area contributed by atoms with Crippen LogP contribution in [0.15, 0.2) is 24.4 Å². The lowest BCUT2D eigenvalue weighted by Gasteiger charge is -2.32. The predicted molar refractivity (Wildman–Crippen MR) is 82.7 cm³/mol. The Balaban J connectivity index is 0.000001000. The SMILES string of the molecule is Cl.Cl.c1ccc(CO[C@@H]2CO[C@]3(CCCNC3)C2)nc1. The van der Waals surface area contributed by atoms with Crippen molar-refractivity contribution in [3.05, 3.63) is 30.1 Å². The Hall–Kier alpha value is -0.390. The van der Waals surface area contributed by atoms with E-state index in [9.17, 15) is 0 Å². The number of piperidine rings is 1. The number of nitrogens with zero attached hydrogens (tertiary/aromatic N) is 1. The number of nitrogens with one attached hydrogen (secondary N) is 1. The monoisotopic (exact) mass is 320 g/mol. The average molecular weight is 321 g/mol. The van der Waals surface area contributed by atoms with Crippen molar-refractivity contribution in [3.63, 3.8) is 0 Å². The van der Waals surface area contributed by atoms with E-state index in [0.717, 1.165) is 31.6 Å². The van der Waals surface area contributed by atoms with Crippen LogP contribution in [0.5, 0.6) is 0 Å². The highest BCUT2D eigenvalue weighted by molar-refractivity contribution is 5.85. The van der Waals surface area contributed by atoms with Crippen molar-refractivity contribution in [3.8, 4) is 0 Å². The Morgan fingerprint density at radius 1 is 1.40 bits per heavy atom. The van der Waals surface area contributed by atoms with Gasteiger partial charge >= 0.3 is 0 Å². The van der Waals surface area contributed by atoms with Crippen LogP contribution in [0.1, 0.15) is 25.0 Å². The molecule has 1 N–H and O–H groups in total. The maximum atomic E-state index is 5.97. The van der Waals surface area contributed by atoms with Crippen molar-refractivity contribution in [1.29, 1.82) is 0 Å². The van der Waals surface area contributed by atoms with E-state index in [0.29, 0.717) is 13.2 Å². The van der Waals surface area contributed by atoms with E-state index in [1.165, 1.54) is 6.42 Å². The first kappa shape index (κ1) is 17.7. The Morgan fingerprint density at radius 2 is 2.30 bits per heavy atom. The fraction of sp³-hybridized carbons (Fsp3) is 0.643. The molecular weight excluding hydrogens is 299 g/mol. The summed E-state index contributed by atoms with van der Waals surface area (Å²) < 4.78 is 11.9. The van der Waals surface area contributed by atoms with Crippen LogP contribution in [0.25, 0.3) is 0 Å². The number of hydrogen-bond donors (Lipinski definition) is 1. The van der Waals surface area contributed by atoms with Crippen LogP contribution in [0.2, 0.25) is 0 Å². The molecule has 0 aliphatic carbocycles. The second kappa shape index (κ2) is 8.15. The third kappa shape index (κ3) is 4.30. The zero-order chi connectivity index (χ0) is 12.3. The molecule has 0 aromatic carbocycles. The topological polar surface area (TPSA) is 43.4 Å². The van der Waals surface area contributed by atoms with Crippen LogP contribution < -0.4 is 5.32 Å². The standard InChI is InChI=1S/C14H20N2O2.2ClH/c1-2-7-16-12(4-1)9-17-13-8-14(18-10-13)5-3-6-15-11-14;;/h1-2,4,7,13,15H,3,5-6,8-11H2;2*1H/t13-,14+;;/m0../s1. The minimum absolute atomic E-state index is 0. The number of aromatic nitrogens is 1. The molecule has 3 heterocycles. The van der Waals surface area contributed by atoms with Crippen LogP contribution >= 0.6 is 24.8 Å². The molecule has 3 rings (SSSR count). The van der Waals surface area contributed by atoms with Gasteiger partial charge in [-0.05, 0) is 31.5 Å². The molecule has 1 aromatic heterocycles. The summed E-state index contributed by atoms with van der Waals surface area (Å²) in [7, 11) is 0. The van der Waals surface area contributed by atoms with E-state index >= 15 is 0 Å². The lowest BCUT2D eigenvalue weighted by Crippen LogP contribution is -2.45. The van der Waals surface area contributed by atoms with Gasteiger partial charge < -0.3 is 14.8 Å². The lowest BCUT2D eigenvalue weighted by molar-refractivity contribution is -0.0196. The van der Waals surface area contributed by atoms with Crippen molar-refractivity contribution in [1.82, 2.24) is 10.3 Å². The van der Waals surface area contributed by atoms with Crippen molar-refractivity contribution >= 4 is 24.8 Å². The molecule has 0 radical (unpaired) electrons. The van der Waals surface area contributed by atoms with Crippen LogP contribution in [0, 0.1) is 0 Å². The normalized spacial score (nSPS) is 28.7. The van der Waals surface area contributed by atoms with Gasteiger partial charge in [-0.3, -0.25) is 4.98 Å². The summed E-state index contributed by atoms with van der Waals surface area (Å²) in [5, 5.41) is 3.42. The predicted octanol–water partition coefficient (Wildman–Crippen LogP) is 2.35. The summed E-state index contributed by atoms with van der Waals surface area (Å²) in [5.41, 5.74) is 1.02. The van der Waals surface area contributed by atoms with Gasteiger partial charge in [0.2, 0.25) is 0 Å². The molecule has 1 aromatic rings. The summed E-state index contributed by atoms with van der Waals surface area (Å²) in [4.78, 5) is 4.27. The number of ether oxygens (including phenoxy) is 2. The van der Waals surface area contributed by atoms with Crippen LogP contribution in [0.4, 0.5) is 0 Å². The zero-order valence-corrected chi connectivity index (χ0v) is 13.0. The molecule has 6 heteroatoms. The molecule has 20 heavy (non-hydrogen) atoms. The van der Waals surface area contributed by atoms with Gasteiger partial charge in [0.15, 0.2) is 0 Å². The summed E-state index contributed by atoms with van der Waals surface area (Å²) in [6.45, 7) is 3.38. The quantitative estimate of drug-likeness (QED) is 0.928. The van der Waals surface area contributed by atoms with Gasteiger partial charge in [-0.15, -0.1) is 24.8 Å². The Kier molecular flexibility index (Phi) is 7.20. The highest BCUT2D eigenvalue weighted by Crippen LogP contribution is 2.33. The molecule has 114 valence electrons. The van der Waals surface area contributed by atoms with Crippen molar-refractivity contribution in [2.75, 3.05) is 19.7 Å². The molecule has 1 spiro atoms. The highest BCUT2D eigenvalue weighted by atomic mass is 35.5. The molecule has 2 atom stereocenters.